The summed E-state index contributed by atoms with van der Waals surface area (Å²) in [4.78, 5) is 0. The van der Waals surface area contributed by atoms with Gasteiger partial charge in [-0.15, -0.1) is 0 Å². The number of halogens is 1. The zero-order valence-electron chi connectivity index (χ0n) is 16.1. The first kappa shape index (κ1) is 17.3. The maximum Gasteiger partial charge on any atom is 0.135 e. The Morgan fingerprint density at radius 2 is 1.20 bits per heavy atom. The average Bonchev–Trinajstić information content (AvgIpc) is 3.17. The van der Waals surface area contributed by atoms with Gasteiger partial charge in [0.25, 0.3) is 0 Å². The number of para-hydroxylation sites is 1. The lowest BCUT2D eigenvalue weighted by Gasteiger charge is -2.12. The fourth-order valence-corrected chi connectivity index (χ4v) is 4.38. The van der Waals surface area contributed by atoms with Crippen molar-refractivity contribution in [3.8, 4) is 22.3 Å². The van der Waals surface area contributed by atoms with Crippen LogP contribution in [0.1, 0.15) is 0 Å². The second-order valence-corrected chi connectivity index (χ2v) is 8.00. The molecule has 0 spiro atoms. The van der Waals surface area contributed by atoms with E-state index in [1.54, 1.807) is 0 Å². The van der Waals surface area contributed by atoms with E-state index >= 15 is 0 Å². The SMILES string of the molecule is Clc1ccc(-c2cc(-c3ccc4oc5ccccc5c4c3)c3ccccc3c2)cc1. The summed E-state index contributed by atoms with van der Waals surface area (Å²) < 4.78 is 6.02. The first-order valence-corrected chi connectivity index (χ1v) is 10.3. The molecule has 0 N–H and O–H groups in total. The molecule has 6 rings (SSSR count). The number of furan rings is 1. The van der Waals surface area contributed by atoms with E-state index in [-0.39, 0.29) is 0 Å². The first-order chi connectivity index (χ1) is 14.8. The van der Waals surface area contributed by atoms with Crippen molar-refractivity contribution in [1.29, 1.82) is 0 Å². The molecule has 0 saturated carbocycles. The minimum Gasteiger partial charge on any atom is -0.456 e. The predicted octanol–water partition coefficient (Wildman–Crippen LogP) is 8.73. The smallest absolute Gasteiger partial charge is 0.135 e. The fraction of sp³-hybridized carbons (Fsp3) is 0. The molecular formula is C28H17ClO. The highest BCUT2D eigenvalue weighted by molar-refractivity contribution is 6.30. The van der Waals surface area contributed by atoms with Crippen LogP contribution in [0.3, 0.4) is 0 Å². The highest BCUT2D eigenvalue weighted by Crippen LogP contribution is 2.37. The van der Waals surface area contributed by atoms with Crippen molar-refractivity contribution in [3.05, 3.63) is 108 Å². The van der Waals surface area contributed by atoms with Crippen molar-refractivity contribution in [2.24, 2.45) is 0 Å². The molecule has 2 heteroatoms. The van der Waals surface area contributed by atoms with Crippen LogP contribution in [-0.2, 0) is 0 Å². The van der Waals surface area contributed by atoms with E-state index in [4.69, 9.17) is 16.0 Å². The van der Waals surface area contributed by atoms with Gasteiger partial charge in [0, 0.05) is 15.8 Å². The second-order valence-electron chi connectivity index (χ2n) is 7.56. The third-order valence-corrected chi connectivity index (χ3v) is 5.98. The van der Waals surface area contributed by atoms with E-state index in [9.17, 15) is 0 Å². The predicted molar refractivity (Wildman–Crippen MR) is 127 cm³/mol. The molecule has 0 amide bonds. The Morgan fingerprint density at radius 1 is 0.500 bits per heavy atom. The summed E-state index contributed by atoms with van der Waals surface area (Å²) in [7, 11) is 0. The van der Waals surface area contributed by atoms with Crippen LogP contribution in [0.4, 0.5) is 0 Å². The molecule has 0 bridgehead atoms. The number of hydrogen-bond acceptors (Lipinski definition) is 1. The second kappa shape index (κ2) is 6.76. The molecule has 6 aromatic rings. The van der Waals surface area contributed by atoms with Gasteiger partial charge in [-0.3, -0.25) is 0 Å². The molecule has 0 atom stereocenters. The van der Waals surface area contributed by atoms with Crippen molar-refractivity contribution in [3.63, 3.8) is 0 Å². The quantitative estimate of drug-likeness (QED) is 0.281. The van der Waals surface area contributed by atoms with E-state index in [2.05, 4.69) is 78.9 Å². The van der Waals surface area contributed by atoms with Gasteiger partial charge in [0.05, 0.1) is 0 Å². The van der Waals surface area contributed by atoms with Gasteiger partial charge in [-0.1, -0.05) is 72.3 Å². The monoisotopic (exact) mass is 404 g/mol. The minimum absolute atomic E-state index is 0.747. The van der Waals surface area contributed by atoms with Crippen molar-refractivity contribution < 1.29 is 4.42 Å². The van der Waals surface area contributed by atoms with Crippen molar-refractivity contribution in [1.82, 2.24) is 0 Å². The van der Waals surface area contributed by atoms with Crippen LogP contribution in [-0.4, -0.2) is 0 Å². The van der Waals surface area contributed by atoms with E-state index in [0.717, 1.165) is 32.5 Å². The van der Waals surface area contributed by atoms with Crippen LogP contribution in [0.5, 0.6) is 0 Å². The van der Waals surface area contributed by atoms with Crippen molar-refractivity contribution in [2.75, 3.05) is 0 Å². The lowest BCUT2D eigenvalue weighted by atomic mass is 9.92. The van der Waals surface area contributed by atoms with Gasteiger partial charge >= 0.3 is 0 Å². The molecule has 1 nitrogen and oxygen atoms in total. The molecule has 0 radical (unpaired) electrons. The molecule has 0 aliphatic rings. The van der Waals surface area contributed by atoms with E-state index in [1.165, 1.54) is 27.5 Å². The molecule has 5 aromatic carbocycles. The van der Waals surface area contributed by atoms with Gasteiger partial charge < -0.3 is 4.42 Å². The van der Waals surface area contributed by atoms with Crippen LogP contribution < -0.4 is 0 Å². The first-order valence-electron chi connectivity index (χ1n) is 9.97. The standard InChI is InChI=1S/C28H17ClO/c29-22-12-9-18(10-13-22)21-15-19-5-1-2-6-23(19)25(17-21)20-11-14-28-26(16-20)24-7-3-4-8-27(24)30-28/h1-17H. The Morgan fingerprint density at radius 3 is 2.07 bits per heavy atom. The zero-order valence-corrected chi connectivity index (χ0v) is 16.9. The molecule has 0 aliphatic carbocycles. The molecule has 1 heterocycles. The maximum absolute atomic E-state index is 6.10. The van der Waals surface area contributed by atoms with Crippen LogP contribution in [0.25, 0.3) is 55.0 Å². The Hall–Kier alpha value is -3.55. The molecule has 0 aliphatic heterocycles. The van der Waals surface area contributed by atoms with Crippen molar-refractivity contribution in [2.45, 2.75) is 0 Å². The molecule has 30 heavy (non-hydrogen) atoms. The summed E-state index contributed by atoms with van der Waals surface area (Å²) in [5, 5.41) is 5.49. The topological polar surface area (TPSA) is 13.1 Å². The molecule has 0 saturated heterocycles. The number of hydrogen-bond donors (Lipinski definition) is 0. The van der Waals surface area contributed by atoms with Gasteiger partial charge in [0.15, 0.2) is 0 Å². The maximum atomic E-state index is 6.10. The van der Waals surface area contributed by atoms with Crippen LogP contribution in [0.2, 0.25) is 5.02 Å². The highest BCUT2D eigenvalue weighted by Gasteiger charge is 2.12. The van der Waals surface area contributed by atoms with Crippen LogP contribution in [0.15, 0.2) is 108 Å². The molecule has 0 unspecified atom stereocenters. The van der Waals surface area contributed by atoms with Crippen LogP contribution in [0, 0.1) is 0 Å². The lowest BCUT2D eigenvalue weighted by molar-refractivity contribution is 0.669. The lowest BCUT2D eigenvalue weighted by Crippen LogP contribution is -1.85. The van der Waals surface area contributed by atoms with Gasteiger partial charge in [-0.05, 0) is 75.5 Å². The van der Waals surface area contributed by atoms with Gasteiger partial charge in [-0.25, -0.2) is 0 Å². The van der Waals surface area contributed by atoms with E-state index in [1.807, 2.05) is 24.3 Å². The number of benzene rings is 5. The molecule has 0 fully saturated rings. The van der Waals surface area contributed by atoms with E-state index < -0.39 is 0 Å². The fourth-order valence-electron chi connectivity index (χ4n) is 4.25. The molecule has 142 valence electrons. The molecular weight excluding hydrogens is 388 g/mol. The minimum atomic E-state index is 0.747. The van der Waals surface area contributed by atoms with Crippen molar-refractivity contribution >= 4 is 44.3 Å². The normalized spacial score (nSPS) is 11.5. The third kappa shape index (κ3) is 2.79. The summed E-state index contributed by atoms with van der Waals surface area (Å²) in [6.07, 6.45) is 0. The van der Waals surface area contributed by atoms with Gasteiger partial charge in [0.1, 0.15) is 11.2 Å². The summed E-state index contributed by atoms with van der Waals surface area (Å²) in [5.41, 5.74) is 6.56. The Bertz CT molecular complexity index is 1540. The zero-order chi connectivity index (χ0) is 20.1. The van der Waals surface area contributed by atoms with Crippen LogP contribution >= 0.6 is 11.6 Å². The average molecular weight is 405 g/mol. The summed E-state index contributed by atoms with van der Waals surface area (Å²) in [6, 6.07) is 35.8. The largest absolute Gasteiger partial charge is 0.456 e. The third-order valence-electron chi connectivity index (χ3n) is 5.73. The summed E-state index contributed by atoms with van der Waals surface area (Å²) in [6.45, 7) is 0. The number of rotatable bonds is 2. The summed E-state index contributed by atoms with van der Waals surface area (Å²) >= 11 is 6.10. The highest BCUT2D eigenvalue weighted by atomic mass is 35.5. The number of fused-ring (bicyclic) bond motifs is 4. The Labute approximate surface area is 179 Å². The van der Waals surface area contributed by atoms with Gasteiger partial charge in [-0.2, -0.15) is 0 Å². The van der Waals surface area contributed by atoms with E-state index in [0.29, 0.717) is 0 Å². The Balaban J connectivity index is 1.63. The Kier molecular flexibility index (Phi) is 3.90. The van der Waals surface area contributed by atoms with Gasteiger partial charge in [0.2, 0.25) is 0 Å². The summed E-state index contributed by atoms with van der Waals surface area (Å²) in [5.74, 6) is 0. The molecule has 1 aromatic heterocycles.